The SMILES string of the molecule is CCCc1ccc(C(Cc2ccccc2Cl)NCC)cc1. The van der Waals surface area contributed by atoms with Gasteiger partial charge in [0.1, 0.15) is 0 Å². The van der Waals surface area contributed by atoms with Crippen LogP contribution in [0.4, 0.5) is 0 Å². The zero-order valence-electron chi connectivity index (χ0n) is 12.9. The van der Waals surface area contributed by atoms with E-state index in [1.165, 1.54) is 23.1 Å². The van der Waals surface area contributed by atoms with Crippen LogP contribution >= 0.6 is 11.6 Å². The number of nitrogens with one attached hydrogen (secondary N) is 1. The number of aryl methyl sites for hydroxylation is 1. The van der Waals surface area contributed by atoms with Crippen LogP contribution in [0.5, 0.6) is 0 Å². The molecule has 112 valence electrons. The van der Waals surface area contributed by atoms with Crippen molar-refractivity contribution in [2.75, 3.05) is 6.54 Å². The molecule has 1 unspecified atom stereocenters. The molecular formula is C19H24ClN. The third-order valence-electron chi connectivity index (χ3n) is 3.75. The molecule has 0 aliphatic carbocycles. The lowest BCUT2D eigenvalue weighted by Gasteiger charge is -2.19. The van der Waals surface area contributed by atoms with Crippen molar-refractivity contribution in [3.63, 3.8) is 0 Å². The zero-order chi connectivity index (χ0) is 15.1. The molecule has 0 aliphatic heterocycles. The van der Waals surface area contributed by atoms with Gasteiger partial charge in [-0.15, -0.1) is 0 Å². The Kier molecular flexibility index (Phi) is 6.28. The van der Waals surface area contributed by atoms with Crippen molar-refractivity contribution in [3.8, 4) is 0 Å². The molecule has 0 radical (unpaired) electrons. The fraction of sp³-hybridized carbons (Fsp3) is 0.368. The molecule has 1 N–H and O–H groups in total. The Balaban J connectivity index is 2.16. The molecule has 0 aliphatic rings. The summed E-state index contributed by atoms with van der Waals surface area (Å²) in [4.78, 5) is 0. The second-order valence-corrected chi connectivity index (χ2v) is 5.80. The molecule has 0 heterocycles. The van der Waals surface area contributed by atoms with Crippen molar-refractivity contribution in [2.24, 2.45) is 0 Å². The van der Waals surface area contributed by atoms with Gasteiger partial charge >= 0.3 is 0 Å². The molecule has 0 saturated carbocycles. The Morgan fingerprint density at radius 3 is 2.33 bits per heavy atom. The lowest BCUT2D eigenvalue weighted by atomic mass is 9.97. The summed E-state index contributed by atoms with van der Waals surface area (Å²) in [6.07, 6.45) is 3.26. The van der Waals surface area contributed by atoms with Crippen molar-refractivity contribution in [1.29, 1.82) is 0 Å². The van der Waals surface area contributed by atoms with E-state index in [2.05, 4.69) is 55.6 Å². The highest BCUT2D eigenvalue weighted by Crippen LogP contribution is 2.24. The van der Waals surface area contributed by atoms with Crippen molar-refractivity contribution in [2.45, 2.75) is 39.2 Å². The van der Waals surface area contributed by atoms with Crippen molar-refractivity contribution < 1.29 is 0 Å². The first-order valence-electron chi connectivity index (χ1n) is 7.80. The lowest BCUT2D eigenvalue weighted by molar-refractivity contribution is 0.550. The van der Waals surface area contributed by atoms with Crippen LogP contribution < -0.4 is 5.32 Å². The monoisotopic (exact) mass is 301 g/mol. The Labute approximate surface area is 133 Å². The van der Waals surface area contributed by atoms with E-state index >= 15 is 0 Å². The van der Waals surface area contributed by atoms with E-state index in [9.17, 15) is 0 Å². The molecule has 2 aromatic carbocycles. The summed E-state index contributed by atoms with van der Waals surface area (Å²) in [7, 11) is 0. The molecule has 1 atom stereocenters. The van der Waals surface area contributed by atoms with Gasteiger partial charge in [0.15, 0.2) is 0 Å². The quantitative estimate of drug-likeness (QED) is 0.742. The summed E-state index contributed by atoms with van der Waals surface area (Å²) in [5.74, 6) is 0. The number of likely N-dealkylation sites (N-methyl/N-ethyl adjacent to an activating group) is 1. The molecule has 2 heteroatoms. The first-order valence-corrected chi connectivity index (χ1v) is 8.18. The van der Waals surface area contributed by atoms with Crippen LogP contribution in [-0.2, 0) is 12.8 Å². The van der Waals surface area contributed by atoms with Gasteiger partial charge in [0.05, 0.1) is 0 Å². The molecule has 0 aromatic heterocycles. The zero-order valence-corrected chi connectivity index (χ0v) is 13.7. The second-order valence-electron chi connectivity index (χ2n) is 5.40. The highest BCUT2D eigenvalue weighted by molar-refractivity contribution is 6.31. The van der Waals surface area contributed by atoms with E-state index in [0.29, 0.717) is 6.04 Å². The van der Waals surface area contributed by atoms with E-state index in [1.54, 1.807) is 0 Å². The van der Waals surface area contributed by atoms with Crippen LogP contribution in [-0.4, -0.2) is 6.54 Å². The van der Waals surface area contributed by atoms with E-state index in [-0.39, 0.29) is 0 Å². The van der Waals surface area contributed by atoms with Gasteiger partial charge in [0.2, 0.25) is 0 Å². The maximum atomic E-state index is 6.29. The molecule has 0 saturated heterocycles. The molecule has 0 bridgehead atoms. The van der Waals surface area contributed by atoms with Crippen LogP contribution in [0.1, 0.15) is 43.0 Å². The molecule has 2 rings (SSSR count). The highest BCUT2D eigenvalue weighted by Gasteiger charge is 2.12. The maximum Gasteiger partial charge on any atom is 0.0438 e. The Morgan fingerprint density at radius 1 is 1.00 bits per heavy atom. The van der Waals surface area contributed by atoms with E-state index in [4.69, 9.17) is 11.6 Å². The Morgan fingerprint density at radius 2 is 1.71 bits per heavy atom. The largest absolute Gasteiger partial charge is 0.310 e. The van der Waals surface area contributed by atoms with Gasteiger partial charge in [-0.3, -0.25) is 0 Å². The molecule has 2 aromatic rings. The molecule has 21 heavy (non-hydrogen) atoms. The van der Waals surface area contributed by atoms with Gasteiger partial charge in [-0.1, -0.05) is 74.3 Å². The summed E-state index contributed by atoms with van der Waals surface area (Å²) < 4.78 is 0. The van der Waals surface area contributed by atoms with Gasteiger partial charge < -0.3 is 5.32 Å². The third-order valence-corrected chi connectivity index (χ3v) is 4.12. The van der Waals surface area contributed by atoms with Crippen molar-refractivity contribution in [1.82, 2.24) is 5.32 Å². The second kappa shape index (κ2) is 8.21. The minimum absolute atomic E-state index is 0.311. The normalized spacial score (nSPS) is 12.3. The van der Waals surface area contributed by atoms with Gasteiger partial charge in [0, 0.05) is 11.1 Å². The van der Waals surface area contributed by atoms with E-state index in [0.717, 1.165) is 24.4 Å². The van der Waals surface area contributed by atoms with Gasteiger partial charge in [-0.05, 0) is 42.1 Å². The topological polar surface area (TPSA) is 12.0 Å². The summed E-state index contributed by atoms with van der Waals surface area (Å²) in [5.41, 5.74) is 3.94. The standard InChI is InChI=1S/C19H24ClN/c1-3-7-15-10-12-16(13-11-15)19(21-4-2)14-17-8-5-6-9-18(17)20/h5-6,8-13,19,21H,3-4,7,14H2,1-2H3. The predicted octanol–water partition coefficient (Wildman–Crippen LogP) is 5.19. The third kappa shape index (κ3) is 4.59. The molecule has 0 spiro atoms. The summed E-state index contributed by atoms with van der Waals surface area (Å²) >= 11 is 6.29. The first-order chi connectivity index (χ1) is 10.2. The fourth-order valence-electron chi connectivity index (χ4n) is 2.64. The van der Waals surface area contributed by atoms with Crippen molar-refractivity contribution >= 4 is 11.6 Å². The average Bonchev–Trinajstić information content (AvgIpc) is 2.50. The number of benzene rings is 2. The van der Waals surface area contributed by atoms with E-state index < -0.39 is 0 Å². The van der Waals surface area contributed by atoms with Gasteiger partial charge in [-0.2, -0.15) is 0 Å². The smallest absolute Gasteiger partial charge is 0.0438 e. The fourth-order valence-corrected chi connectivity index (χ4v) is 2.86. The van der Waals surface area contributed by atoms with Gasteiger partial charge in [0.25, 0.3) is 0 Å². The Bertz CT molecular complexity index is 548. The molecule has 0 amide bonds. The van der Waals surface area contributed by atoms with Crippen LogP contribution in [0, 0.1) is 0 Å². The summed E-state index contributed by atoms with van der Waals surface area (Å²) in [5, 5.41) is 4.42. The number of hydrogen-bond donors (Lipinski definition) is 1. The summed E-state index contributed by atoms with van der Waals surface area (Å²) in [6, 6.07) is 17.4. The molecule has 1 nitrogen and oxygen atoms in total. The van der Waals surface area contributed by atoms with Crippen LogP contribution in [0.2, 0.25) is 5.02 Å². The van der Waals surface area contributed by atoms with E-state index in [1.807, 2.05) is 12.1 Å². The summed E-state index contributed by atoms with van der Waals surface area (Å²) in [6.45, 7) is 5.31. The van der Waals surface area contributed by atoms with Crippen LogP contribution in [0.3, 0.4) is 0 Å². The predicted molar refractivity (Wildman–Crippen MR) is 92.0 cm³/mol. The van der Waals surface area contributed by atoms with Crippen LogP contribution in [0.15, 0.2) is 48.5 Å². The lowest BCUT2D eigenvalue weighted by Crippen LogP contribution is -2.23. The number of halogens is 1. The minimum Gasteiger partial charge on any atom is -0.310 e. The molecular weight excluding hydrogens is 278 g/mol. The Hall–Kier alpha value is -1.31. The first kappa shape index (κ1) is 16.1. The number of rotatable bonds is 7. The maximum absolute atomic E-state index is 6.29. The van der Waals surface area contributed by atoms with Crippen molar-refractivity contribution in [3.05, 3.63) is 70.2 Å². The molecule has 0 fully saturated rings. The van der Waals surface area contributed by atoms with Crippen LogP contribution in [0.25, 0.3) is 0 Å². The average molecular weight is 302 g/mol. The minimum atomic E-state index is 0.311. The number of hydrogen-bond acceptors (Lipinski definition) is 1. The highest BCUT2D eigenvalue weighted by atomic mass is 35.5. The van der Waals surface area contributed by atoms with Gasteiger partial charge in [-0.25, -0.2) is 0 Å².